The third kappa shape index (κ3) is 4.79. The van der Waals surface area contributed by atoms with Gasteiger partial charge in [-0.05, 0) is 72.5 Å². The van der Waals surface area contributed by atoms with E-state index in [2.05, 4.69) is 43.4 Å². The van der Waals surface area contributed by atoms with Gasteiger partial charge in [0, 0.05) is 41.2 Å². The molecular formula is C28H24ClN7O. The van der Waals surface area contributed by atoms with Crippen LogP contribution < -0.4 is 21.3 Å². The largest absolute Gasteiger partial charge is 0.350 e. The molecule has 1 aliphatic heterocycles. The van der Waals surface area contributed by atoms with Gasteiger partial charge in [-0.2, -0.15) is 4.98 Å². The molecule has 0 saturated heterocycles. The lowest BCUT2D eigenvalue weighted by atomic mass is 10.0. The van der Waals surface area contributed by atoms with Gasteiger partial charge < -0.3 is 25.8 Å². The fraction of sp³-hybridized carbons (Fsp3) is 0.107. The van der Waals surface area contributed by atoms with Crippen LogP contribution in [0.25, 0.3) is 10.9 Å². The highest BCUT2D eigenvalue weighted by Crippen LogP contribution is 2.30. The summed E-state index contributed by atoms with van der Waals surface area (Å²) >= 11 is 6.37. The van der Waals surface area contributed by atoms with Crippen LogP contribution >= 0.6 is 11.6 Å². The SMILES string of the molecule is Cn1ccc2c(NC(=O)Nc3ccc4cc3CCc3cccc(c3)Nc3ncc(Cl)c(n3)N4)cccc21. The summed E-state index contributed by atoms with van der Waals surface area (Å²) in [6, 6.07) is 21.5. The molecule has 8 nitrogen and oxygen atoms in total. The fourth-order valence-electron chi connectivity index (χ4n) is 4.55. The normalized spacial score (nSPS) is 12.4. The molecule has 0 aliphatic carbocycles. The number of hydrogen-bond donors (Lipinski definition) is 4. The Morgan fingerprint density at radius 3 is 2.70 bits per heavy atom. The van der Waals surface area contributed by atoms with Gasteiger partial charge in [-0.25, -0.2) is 9.78 Å². The highest BCUT2D eigenvalue weighted by Gasteiger charge is 2.14. The molecular weight excluding hydrogens is 486 g/mol. The predicted octanol–water partition coefficient (Wildman–Crippen LogP) is 6.85. The fourth-order valence-corrected chi connectivity index (χ4v) is 4.69. The number of aromatic nitrogens is 3. The Morgan fingerprint density at radius 1 is 0.946 bits per heavy atom. The predicted molar refractivity (Wildman–Crippen MR) is 149 cm³/mol. The van der Waals surface area contributed by atoms with Crippen molar-refractivity contribution in [2.24, 2.45) is 7.05 Å². The molecule has 4 N–H and O–H groups in total. The van der Waals surface area contributed by atoms with Crippen molar-refractivity contribution in [2.45, 2.75) is 12.8 Å². The van der Waals surface area contributed by atoms with Crippen molar-refractivity contribution in [3.63, 3.8) is 0 Å². The molecule has 2 amide bonds. The van der Waals surface area contributed by atoms with Crippen LogP contribution in [0.4, 0.5) is 39.3 Å². The number of carbonyl (C=O) groups excluding carboxylic acids is 1. The first kappa shape index (κ1) is 22.9. The van der Waals surface area contributed by atoms with Crippen LogP contribution in [0.15, 0.2) is 79.1 Å². The van der Waals surface area contributed by atoms with Gasteiger partial charge in [0.25, 0.3) is 0 Å². The van der Waals surface area contributed by atoms with Gasteiger partial charge in [0.05, 0.1) is 11.9 Å². The van der Waals surface area contributed by atoms with Gasteiger partial charge in [-0.1, -0.05) is 29.8 Å². The molecule has 0 radical (unpaired) electrons. The Kier molecular flexibility index (Phi) is 5.86. The number of nitrogens with zero attached hydrogens (tertiary/aromatic N) is 3. The first-order chi connectivity index (χ1) is 18.0. The second-order valence-electron chi connectivity index (χ2n) is 8.96. The molecule has 0 fully saturated rings. The lowest BCUT2D eigenvalue weighted by molar-refractivity contribution is 0.262. The average molecular weight is 510 g/mol. The summed E-state index contributed by atoms with van der Waals surface area (Å²) in [5.74, 6) is 0.946. The van der Waals surface area contributed by atoms with Crippen molar-refractivity contribution >= 4 is 63.1 Å². The molecule has 1 aliphatic rings. The highest BCUT2D eigenvalue weighted by atomic mass is 35.5. The molecule has 6 bridgehead atoms. The minimum absolute atomic E-state index is 0.300. The van der Waals surface area contributed by atoms with E-state index in [1.807, 2.05) is 72.4 Å². The van der Waals surface area contributed by atoms with E-state index in [1.165, 1.54) is 0 Å². The van der Waals surface area contributed by atoms with E-state index >= 15 is 0 Å². The van der Waals surface area contributed by atoms with Crippen molar-refractivity contribution in [3.05, 3.63) is 95.3 Å². The number of rotatable bonds is 2. The Hall–Kier alpha value is -4.56. The molecule has 3 heterocycles. The maximum absolute atomic E-state index is 13.0. The summed E-state index contributed by atoms with van der Waals surface area (Å²) in [5, 5.41) is 14.0. The van der Waals surface area contributed by atoms with Crippen LogP contribution in [0.3, 0.4) is 0 Å². The van der Waals surface area contributed by atoms with Gasteiger partial charge in [0.15, 0.2) is 5.82 Å². The van der Waals surface area contributed by atoms with E-state index in [-0.39, 0.29) is 6.03 Å². The molecule has 2 aromatic heterocycles. The molecule has 6 rings (SSSR count). The molecule has 9 heteroatoms. The molecule has 0 saturated carbocycles. The molecule has 0 spiro atoms. The number of hydrogen-bond acceptors (Lipinski definition) is 5. The van der Waals surface area contributed by atoms with E-state index < -0.39 is 0 Å². The van der Waals surface area contributed by atoms with Crippen molar-refractivity contribution in [3.8, 4) is 0 Å². The number of urea groups is 1. The number of anilines is 6. The Balaban J connectivity index is 1.31. The average Bonchev–Trinajstić information content (AvgIpc) is 3.27. The molecule has 37 heavy (non-hydrogen) atoms. The van der Waals surface area contributed by atoms with E-state index in [1.54, 1.807) is 6.20 Å². The van der Waals surface area contributed by atoms with Crippen LogP contribution in [-0.2, 0) is 19.9 Å². The van der Waals surface area contributed by atoms with Crippen LogP contribution in [-0.4, -0.2) is 20.6 Å². The van der Waals surface area contributed by atoms with E-state index in [4.69, 9.17) is 11.6 Å². The lowest BCUT2D eigenvalue weighted by Crippen LogP contribution is -2.20. The summed E-state index contributed by atoms with van der Waals surface area (Å²) in [6.07, 6.45) is 5.06. The zero-order chi connectivity index (χ0) is 25.4. The highest BCUT2D eigenvalue weighted by molar-refractivity contribution is 6.32. The minimum atomic E-state index is -0.300. The van der Waals surface area contributed by atoms with Crippen LogP contribution in [0.5, 0.6) is 0 Å². The van der Waals surface area contributed by atoms with Crippen molar-refractivity contribution < 1.29 is 4.79 Å². The molecule has 0 atom stereocenters. The summed E-state index contributed by atoms with van der Waals surface area (Å²) in [6.45, 7) is 0. The van der Waals surface area contributed by atoms with E-state index in [0.29, 0.717) is 16.8 Å². The molecule has 0 unspecified atom stereocenters. The number of halogens is 1. The summed E-state index contributed by atoms with van der Waals surface area (Å²) in [7, 11) is 1.98. The number of nitrogens with one attached hydrogen (secondary N) is 4. The molecule has 5 aromatic rings. The third-order valence-corrected chi connectivity index (χ3v) is 6.68. The third-order valence-electron chi connectivity index (χ3n) is 6.40. The number of carbonyl (C=O) groups is 1. The topological polar surface area (TPSA) is 95.9 Å². The quantitative estimate of drug-likeness (QED) is 0.209. The standard InChI is InChI=1S/C28H24ClN7O/c1-36-13-12-21-24(6-3-7-25(21)36)34-28(37)33-23-11-10-20-15-18(23)9-8-17-4-2-5-19(14-17)32-27-30-16-22(29)26(31-20)35-27/h2-7,10-16H,8-9H2,1H3,(H2,33,34,37)(H2,30,31,32,35). The van der Waals surface area contributed by atoms with Gasteiger partial charge in [-0.15, -0.1) is 0 Å². The minimum Gasteiger partial charge on any atom is -0.350 e. The second-order valence-corrected chi connectivity index (χ2v) is 9.36. The van der Waals surface area contributed by atoms with Crippen molar-refractivity contribution in [2.75, 3.05) is 21.3 Å². The van der Waals surface area contributed by atoms with E-state index in [9.17, 15) is 4.79 Å². The van der Waals surface area contributed by atoms with Crippen LogP contribution in [0.2, 0.25) is 5.02 Å². The summed E-state index contributed by atoms with van der Waals surface area (Å²) < 4.78 is 2.02. The van der Waals surface area contributed by atoms with Gasteiger partial charge in [-0.3, -0.25) is 0 Å². The van der Waals surface area contributed by atoms with Gasteiger partial charge in [0.2, 0.25) is 5.95 Å². The summed E-state index contributed by atoms with van der Waals surface area (Å²) in [4.78, 5) is 21.9. The zero-order valence-electron chi connectivity index (χ0n) is 20.0. The van der Waals surface area contributed by atoms with Crippen LogP contribution in [0, 0.1) is 0 Å². The smallest absolute Gasteiger partial charge is 0.323 e. The van der Waals surface area contributed by atoms with Gasteiger partial charge >= 0.3 is 6.03 Å². The van der Waals surface area contributed by atoms with Crippen LogP contribution in [0.1, 0.15) is 11.1 Å². The second kappa shape index (κ2) is 9.48. The Morgan fingerprint density at radius 2 is 1.78 bits per heavy atom. The molecule has 3 aromatic carbocycles. The Bertz CT molecular complexity index is 1650. The van der Waals surface area contributed by atoms with Gasteiger partial charge in [0.1, 0.15) is 5.02 Å². The number of amides is 2. The number of aryl methyl sites for hydroxylation is 3. The number of fused-ring (bicyclic) bond motifs is 7. The lowest BCUT2D eigenvalue weighted by Gasteiger charge is -2.15. The molecule has 184 valence electrons. The first-order valence-corrected chi connectivity index (χ1v) is 12.3. The maximum Gasteiger partial charge on any atom is 0.323 e. The zero-order valence-corrected chi connectivity index (χ0v) is 20.8. The monoisotopic (exact) mass is 509 g/mol. The summed E-state index contributed by atoms with van der Waals surface area (Å²) in [5.41, 5.74) is 6.39. The maximum atomic E-state index is 13.0. The first-order valence-electron chi connectivity index (χ1n) is 11.9. The van der Waals surface area contributed by atoms with E-state index in [0.717, 1.165) is 57.6 Å². The van der Waals surface area contributed by atoms with Crippen molar-refractivity contribution in [1.82, 2.24) is 14.5 Å². The Labute approximate surface area is 218 Å². The number of benzene rings is 3. The van der Waals surface area contributed by atoms with Crippen molar-refractivity contribution in [1.29, 1.82) is 0 Å².